The normalized spacial score (nSPS) is 17.6. The van der Waals surface area contributed by atoms with Gasteiger partial charge in [-0.25, -0.2) is 0 Å². The third-order valence-electron chi connectivity index (χ3n) is 3.59. The Bertz CT molecular complexity index is 367. The van der Waals surface area contributed by atoms with E-state index in [1.54, 1.807) is 6.07 Å². The standard InChI is InChI=1S/C15H23NO/c1-12(2)15-13(7-6-8-14(15)17)11-16-9-4-3-5-10-16/h6-8,12,17H,3-5,9-11H2,1-2H3. The van der Waals surface area contributed by atoms with Gasteiger partial charge in [-0.15, -0.1) is 0 Å². The van der Waals surface area contributed by atoms with Crippen LogP contribution in [0.3, 0.4) is 0 Å². The van der Waals surface area contributed by atoms with Gasteiger partial charge in [-0.05, 0) is 43.5 Å². The molecule has 94 valence electrons. The van der Waals surface area contributed by atoms with Gasteiger partial charge in [-0.2, -0.15) is 0 Å². The first-order chi connectivity index (χ1) is 8.18. The molecule has 1 aromatic rings. The Morgan fingerprint density at radius 1 is 1.18 bits per heavy atom. The average Bonchev–Trinajstić information content (AvgIpc) is 2.30. The lowest BCUT2D eigenvalue weighted by atomic mass is 9.95. The van der Waals surface area contributed by atoms with Crippen LogP contribution in [-0.2, 0) is 6.54 Å². The number of hydrogen-bond acceptors (Lipinski definition) is 2. The summed E-state index contributed by atoms with van der Waals surface area (Å²) in [6.07, 6.45) is 4.00. The van der Waals surface area contributed by atoms with Crippen LogP contribution in [0, 0.1) is 0 Å². The van der Waals surface area contributed by atoms with E-state index in [0.29, 0.717) is 11.7 Å². The summed E-state index contributed by atoms with van der Waals surface area (Å²) in [5, 5.41) is 9.97. The predicted octanol–water partition coefficient (Wildman–Crippen LogP) is 3.50. The summed E-state index contributed by atoms with van der Waals surface area (Å²) in [5.41, 5.74) is 2.42. The van der Waals surface area contributed by atoms with Crippen LogP contribution in [0.2, 0.25) is 0 Å². The Morgan fingerprint density at radius 2 is 1.88 bits per heavy atom. The fourth-order valence-electron chi connectivity index (χ4n) is 2.76. The summed E-state index contributed by atoms with van der Waals surface area (Å²) in [6.45, 7) is 7.69. The number of rotatable bonds is 3. The van der Waals surface area contributed by atoms with Gasteiger partial charge < -0.3 is 5.11 Å². The van der Waals surface area contributed by atoms with E-state index in [2.05, 4.69) is 24.8 Å². The van der Waals surface area contributed by atoms with E-state index in [4.69, 9.17) is 0 Å². The van der Waals surface area contributed by atoms with Crippen molar-refractivity contribution in [3.8, 4) is 5.75 Å². The summed E-state index contributed by atoms with van der Waals surface area (Å²) in [7, 11) is 0. The topological polar surface area (TPSA) is 23.5 Å². The lowest BCUT2D eigenvalue weighted by Gasteiger charge is -2.28. The number of piperidine rings is 1. The zero-order chi connectivity index (χ0) is 12.3. The summed E-state index contributed by atoms with van der Waals surface area (Å²) in [5.74, 6) is 0.838. The number of phenolic OH excluding ortho intramolecular Hbond substituents is 1. The van der Waals surface area contributed by atoms with Crippen molar-refractivity contribution >= 4 is 0 Å². The molecule has 2 heteroatoms. The highest BCUT2D eigenvalue weighted by atomic mass is 16.3. The van der Waals surface area contributed by atoms with Crippen LogP contribution in [0.5, 0.6) is 5.75 Å². The molecule has 0 radical (unpaired) electrons. The van der Waals surface area contributed by atoms with Crippen molar-refractivity contribution < 1.29 is 5.11 Å². The van der Waals surface area contributed by atoms with Crippen LogP contribution in [0.15, 0.2) is 18.2 Å². The maximum Gasteiger partial charge on any atom is 0.119 e. The molecule has 0 aliphatic carbocycles. The van der Waals surface area contributed by atoms with E-state index >= 15 is 0 Å². The van der Waals surface area contributed by atoms with Crippen molar-refractivity contribution in [3.05, 3.63) is 29.3 Å². The van der Waals surface area contributed by atoms with Crippen LogP contribution in [0.4, 0.5) is 0 Å². The lowest BCUT2D eigenvalue weighted by molar-refractivity contribution is 0.220. The molecule has 0 amide bonds. The van der Waals surface area contributed by atoms with Crippen molar-refractivity contribution in [1.29, 1.82) is 0 Å². The smallest absolute Gasteiger partial charge is 0.119 e. The number of nitrogens with zero attached hydrogens (tertiary/aromatic N) is 1. The van der Waals surface area contributed by atoms with E-state index in [-0.39, 0.29) is 0 Å². The first kappa shape index (κ1) is 12.4. The summed E-state index contributed by atoms with van der Waals surface area (Å²) < 4.78 is 0. The minimum Gasteiger partial charge on any atom is -0.508 e. The Balaban J connectivity index is 2.16. The van der Waals surface area contributed by atoms with Crippen molar-refractivity contribution in [2.45, 2.75) is 45.6 Å². The van der Waals surface area contributed by atoms with Crippen LogP contribution in [-0.4, -0.2) is 23.1 Å². The first-order valence-electron chi connectivity index (χ1n) is 6.71. The van der Waals surface area contributed by atoms with E-state index in [1.807, 2.05) is 6.07 Å². The van der Waals surface area contributed by atoms with E-state index in [9.17, 15) is 5.11 Å². The van der Waals surface area contributed by atoms with Gasteiger partial charge in [-0.3, -0.25) is 4.90 Å². The van der Waals surface area contributed by atoms with Gasteiger partial charge in [0.25, 0.3) is 0 Å². The van der Waals surface area contributed by atoms with Gasteiger partial charge in [0.1, 0.15) is 5.75 Å². The molecule has 1 saturated heterocycles. The molecule has 17 heavy (non-hydrogen) atoms. The Hall–Kier alpha value is -1.02. The molecule has 2 rings (SSSR count). The molecule has 0 aromatic heterocycles. The fourth-order valence-corrected chi connectivity index (χ4v) is 2.76. The molecule has 1 fully saturated rings. The van der Waals surface area contributed by atoms with Crippen LogP contribution in [0.25, 0.3) is 0 Å². The number of aromatic hydroxyl groups is 1. The molecular weight excluding hydrogens is 210 g/mol. The van der Waals surface area contributed by atoms with Gasteiger partial charge in [0.05, 0.1) is 0 Å². The third-order valence-corrected chi connectivity index (χ3v) is 3.59. The fraction of sp³-hybridized carbons (Fsp3) is 0.600. The maximum atomic E-state index is 9.97. The molecule has 1 aliphatic heterocycles. The number of benzene rings is 1. The van der Waals surface area contributed by atoms with Crippen molar-refractivity contribution in [3.63, 3.8) is 0 Å². The SMILES string of the molecule is CC(C)c1c(O)cccc1CN1CCCCC1. The van der Waals surface area contributed by atoms with Crippen molar-refractivity contribution in [1.82, 2.24) is 4.90 Å². The molecule has 2 nitrogen and oxygen atoms in total. The first-order valence-corrected chi connectivity index (χ1v) is 6.71. The molecule has 0 unspecified atom stereocenters. The number of hydrogen-bond donors (Lipinski definition) is 1. The average molecular weight is 233 g/mol. The van der Waals surface area contributed by atoms with Gasteiger partial charge >= 0.3 is 0 Å². The summed E-state index contributed by atoms with van der Waals surface area (Å²) in [6, 6.07) is 5.92. The summed E-state index contributed by atoms with van der Waals surface area (Å²) >= 11 is 0. The predicted molar refractivity (Wildman–Crippen MR) is 71.3 cm³/mol. The lowest BCUT2D eigenvalue weighted by Crippen LogP contribution is -2.29. The third kappa shape index (κ3) is 3.01. The van der Waals surface area contributed by atoms with Gasteiger partial charge in [0.2, 0.25) is 0 Å². The van der Waals surface area contributed by atoms with Crippen LogP contribution >= 0.6 is 0 Å². The van der Waals surface area contributed by atoms with Gasteiger partial charge in [0.15, 0.2) is 0 Å². The zero-order valence-corrected chi connectivity index (χ0v) is 10.9. The highest BCUT2D eigenvalue weighted by molar-refractivity contribution is 5.41. The Kier molecular flexibility index (Phi) is 4.06. The minimum atomic E-state index is 0.385. The van der Waals surface area contributed by atoms with E-state index in [1.165, 1.54) is 37.9 Å². The van der Waals surface area contributed by atoms with Gasteiger partial charge in [-0.1, -0.05) is 32.4 Å². The molecule has 1 aliphatic rings. The molecule has 0 bridgehead atoms. The molecule has 0 atom stereocenters. The largest absolute Gasteiger partial charge is 0.508 e. The molecule has 1 N–H and O–H groups in total. The van der Waals surface area contributed by atoms with Crippen LogP contribution in [0.1, 0.15) is 50.2 Å². The zero-order valence-electron chi connectivity index (χ0n) is 10.9. The van der Waals surface area contributed by atoms with E-state index in [0.717, 1.165) is 12.1 Å². The molecule has 0 saturated carbocycles. The van der Waals surface area contributed by atoms with E-state index < -0.39 is 0 Å². The van der Waals surface area contributed by atoms with Gasteiger partial charge in [0, 0.05) is 12.1 Å². The molecule has 1 aromatic carbocycles. The van der Waals surface area contributed by atoms with Crippen molar-refractivity contribution in [2.75, 3.05) is 13.1 Å². The second kappa shape index (κ2) is 5.54. The second-order valence-corrected chi connectivity index (χ2v) is 5.34. The molecular formula is C15H23NO. The van der Waals surface area contributed by atoms with Crippen LogP contribution < -0.4 is 0 Å². The highest BCUT2D eigenvalue weighted by Crippen LogP contribution is 2.30. The Morgan fingerprint density at radius 3 is 2.53 bits per heavy atom. The highest BCUT2D eigenvalue weighted by Gasteiger charge is 2.15. The maximum absolute atomic E-state index is 9.97. The minimum absolute atomic E-state index is 0.385. The molecule has 1 heterocycles. The quantitative estimate of drug-likeness (QED) is 0.863. The summed E-state index contributed by atoms with van der Waals surface area (Å²) in [4.78, 5) is 2.50. The number of phenols is 1. The Labute approximate surface area is 104 Å². The number of likely N-dealkylation sites (tertiary alicyclic amines) is 1. The molecule has 0 spiro atoms. The second-order valence-electron chi connectivity index (χ2n) is 5.34. The van der Waals surface area contributed by atoms with Crippen molar-refractivity contribution in [2.24, 2.45) is 0 Å². The monoisotopic (exact) mass is 233 g/mol.